The van der Waals surface area contributed by atoms with Gasteiger partial charge in [-0.2, -0.15) is 0 Å². The topological polar surface area (TPSA) is 134 Å². The van der Waals surface area contributed by atoms with E-state index in [1.807, 2.05) is 6.92 Å². The first-order chi connectivity index (χ1) is 14.8. The molecule has 0 saturated heterocycles. The van der Waals surface area contributed by atoms with Gasteiger partial charge in [0.15, 0.2) is 5.82 Å². The van der Waals surface area contributed by atoms with E-state index in [0.29, 0.717) is 29.8 Å². The Morgan fingerprint density at radius 2 is 1.81 bits per heavy atom. The molecule has 0 aliphatic carbocycles. The molecule has 3 aromatic rings. The van der Waals surface area contributed by atoms with Crippen LogP contribution >= 0.6 is 0 Å². The van der Waals surface area contributed by atoms with Gasteiger partial charge in [-0.05, 0) is 42.8 Å². The van der Waals surface area contributed by atoms with Crippen molar-refractivity contribution >= 4 is 17.6 Å². The molecule has 0 aliphatic heterocycles. The largest absolute Gasteiger partial charge is 0.365 e. The molecule has 1 atom stereocenters. The minimum Gasteiger partial charge on any atom is -0.365 e. The first-order valence-electron chi connectivity index (χ1n) is 9.76. The highest BCUT2D eigenvalue weighted by molar-refractivity contribution is 6.37. The third-order valence-corrected chi connectivity index (χ3v) is 4.89. The summed E-state index contributed by atoms with van der Waals surface area (Å²) in [5.41, 5.74) is 12.4. The Labute approximate surface area is 178 Å². The average molecular weight is 423 g/mol. The Hall–Kier alpha value is -3.88. The van der Waals surface area contributed by atoms with Crippen molar-refractivity contribution in [3.63, 3.8) is 0 Å². The predicted molar refractivity (Wildman–Crippen MR) is 112 cm³/mol. The van der Waals surface area contributed by atoms with E-state index < -0.39 is 23.5 Å². The van der Waals surface area contributed by atoms with Crippen molar-refractivity contribution in [2.24, 2.45) is 11.5 Å². The number of aromatic nitrogens is 3. The Balaban J connectivity index is 2.06. The van der Waals surface area contributed by atoms with Crippen LogP contribution in [0.1, 0.15) is 48.2 Å². The third-order valence-electron chi connectivity index (χ3n) is 4.89. The van der Waals surface area contributed by atoms with Crippen LogP contribution in [0, 0.1) is 5.82 Å². The van der Waals surface area contributed by atoms with Crippen LogP contribution in [0.4, 0.5) is 4.39 Å². The Morgan fingerprint density at radius 1 is 1.10 bits per heavy atom. The fourth-order valence-corrected chi connectivity index (χ4v) is 3.25. The van der Waals surface area contributed by atoms with E-state index in [1.165, 1.54) is 35.2 Å². The standard InChI is InChI=1S/C22H22FN5O3/c1-2-3-4-15(19(29)21(25)31)17-10-9-16(20(24)30)22(27-17)28-11-18(26-12-28)13-5-7-14(23)8-6-13/h5-12,15H,2-4H2,1H3,(H2,24,30)(H2,25,31). The number of nitrogens with two attached hydrogens (primary N) is 2. The fourth-order valence-electron chi connectivity index (χ4n) is 3.25. The number of primary amides is 2. The van der Waals surface area contributed by atoms with E-state index in [4.69, 9.17) is 11.5 Å². The van der Waals surface area contributed by atoms with Crippen LogP contribution < -0.4 is 11.5 Å². The van der Waals surface area contributed by atoms with Gasteiger partial charge in [-0.3, -0.25) is 19.0 Å². The van der Waals surface area contributed by atoms with Gasteiger partial charge < -0.3 is 11.5 Å². The van der Waals surface area contributed by atoms with Gasteiger partial charge in [-0.15, -0.1) is 0 Å². The first-order valence-corrected chi connectivity index (χ1v) is 9.76. The van der Waals surface area contributed by atoms with Gasteiger partial charge in [0.2, 0.25) is 5.78 Å². The summed E-state index contributed by atoms with van der Waals surface area (Å²) in [4.78, 5) is 44.6. The molecule has 3 rings (SSSR count). The van der Waals surface area contributed by atoms with Crippen molar-refractivity contribution in [1.82, 2.24) is 14.5 Å². The molecule has 9 heteroatoms. The average Bonchev–Trinajstić information content (AvgIpc) is 3.24. The molecule has 0 fully saturated rings. The summed E-state index contributed by atoms with van der Waals surface area (Å²) in [5.74, 6) is -3.51. The zero-order valence-corrected chi connectivity index (χ0v) is 16.9. The molecule has 160 valence electrons. The van der Waals surface area contributed by atoms with Gasteiger partial charge in [0.05, 0.1) is 22.9 Å². The second kappa shape index (κ2) is 9.29. The summed E-state index contributed by atoms with van der Waals surface area (Å²) in [6.45, 7) is 1.96. The molecule has 0 radical (unpaired) electrons. The second-order valence-electron chi connectivity index (χ2n) is 7.07. The van der Waals surface area contributed by atoms with Crippen molar-refractivity contribution < 1.29 is 18.8 Å². The van der Waals surface area contributed by atoms with Gasteiger partial charge >= 0.3 is 0 Å². The summed E-state index contributed by atoms with van der Waals surface area (Å²) in [6, 6.07) is 8.75. The molecular formula is C22H22FN5O3. The van der Waals surface area contributed by atoms with Crippen LogP contribution in [0.2, 0.25) is 0 Å². The Kier molecular flexibility index (Phi) is 6.54. The number of carbonyl (C=O) groups is 3. The van der Waals surface area contributed by atoms with Crippen molar-refractivity contribution in [2.45, 2.75) is 32.1 Å². The minimum atomic E-state index is -1.04. The number of amides is 2. The van der Waals surface area contributed by atoms with Crippen molar-refractivity contribution in [1.29, 1.82) is 0 Å². The zero-order valence-electron chi connectivity index (χ0n) is 16.9. The number of ketones is 1. The van der Waals surface area contributed by atoms with E-state index in [9.17, 15) is 18.8 Å². The quantitative estimate of drug-likeness (QED) is 0.510. The van der Waals surface area contributed by atoms with Gasteiger partial charge in [0.1, 0.15) is 12.1 Å². The molecule has 0 aliphatic rings. The number of rotatable bonds is 9. The SMILES string of the molecule is CCCCC(C(=O)C(N)=O)c1ccc(C(N)=O)c(-n2cnc(-c3ccc(F)cc3)c2)n1. The van der Waals surface area contributed by atoms with Crippen LogP contribution in [0.15, 0.2) is 48.9 Å². The third kappa shape index (κ3) is 4.82. The van der Waals surface area contributed by atoms with Gasteiger partial charge in [-0.25, -0.2) is 14.4 Å². The Morgan fingerprint density at radius 3 is 2.42 bits per heavy atom. The van der Waals surface area contributed by atoms with E-state index in [-0.39, 0.29) is 17.2 Å². The number of pyridine rings is 1. The summed E-state index contributed by atoms with van der Waals surface area (Å²) in [5, 5.41) is 0. The van der Waals surface area contributed by atoms with Crippen LogP contribution in [0.25, 0.3) is 17.1 Å². The van der Waals surface area contributed by atoms with Crippen molar-refractivity contribution in [2.75, 3.05) is 0 Å². The highest BCUT2D eigenvalue weighted by Crippen LogP contribution is 2.26. The number of halogens is 1. The molecule has 4 N–H and O–H groups in total. The maximum Gasteiger partial charge on any atom is 0.285 e. The van der Waals surface area contributed by atoms with Gasteiger partial charge in [0, 0.05) is 11.8 Å². The predicted octanol–water partition coefficient (Wildman–Crippen LogP) is 2.50. The lowest BCUT2D eigenvalue weighted by atomic mass is 9.92. The molecule has 2 amide bonds. The van der Waals surface area contributed by atoms with Crippen LogP contribution in [-0.4, -0.2) is 32.1 Å². The van der Waals surface area contributed by atoms with E-state index in [2.05, 4.69) is 9.97 Å². The molecule has 0 bridgehead atoms. The summed E-state index contributed by atoms with van der Waals surface area (Å²) in [7, 11) is 0. The number of imidazole rings is 1. The lowest BCUT2D eigenvalue weighted by Gasteiger charge is -2.16. The van der Waals surface area contributed by atoms with Crippen LogP contribution in [-0.2, 0) is 9.59 Å². The molecule has 0 saturated carbocycles. The van der Waals surface area contributed by atoms with Crippen LogP contribution in [0.5, 0.6) is 0 Å². The summed E-state index contributed by atoms with van der Waals surface area (Å²) >= 11 is 0. The van der Waals surface area contributed by atoms with Crippen molar-refractivity contribution in [3.8, 4) is 17.1 Å². The number of benzene rings is 1. The summed E-state index contributed by atoms with van der Waals surface area (Å²) < 4.78 is 14.7. The smallest absolute Gasteiger partial charge is 0.285 e. The molecule has 2 heterocycles. The number of unbranched alkanes of at least 4 members (excludes halogenated alkanes) is 1. The van der Waals surface area contributed by atoms with E-state index >= 15 is 0 Å². The first kappa shape index (κ1) is 21.8. The Bertz CT molecular complexity index is 1120. The lowest BCUT2D eigenvalue weighted by Crippen LogP contribution is -2.30. The van der Waals surface area contributed by atoms with Crippen LogP contribution in [0.3, 0.4) is 0 Å². The second-order valence-corrected chi connectivity index (χ2v) is 7.07. The fraction of sp³-hybridized carbons (Fsp3) is 0.227. The van der Waals surface area contributed by atoms with Gasteiger partial charge in [-0.1, -0.05) is 19.8 Å². The van der Waals surface area contributed by atoms with Crippen molar-refractivity contribution in [3.05, 3.63) is 66.0 Å². The maximum atomic E-state index is 13.2. The monoisotopic (exact) mass is 423 g/mol. The number of hydrogen-bond donors (Lipinski definition) is 2. The number of nitrogens with zero attached hydrogens (tertiary/aromatic N) is 3. The number of Topliss-reactive ketones (excluding diaryl/α,β-unsaturated/α-hetero) is 1. The van der Waals surface area contributed by atoms with E-state index in [0.717, 1.165) is 6.42 Å². The highest BCUT2D eigenvalue weighted by atomic mass is 19.1. The zero-order chi connectivity index (χ0) is 22.5. The molecule has 1 unspecified atom stereocenters. The molecular weight excluding hydrogens is 401 g/mol. The van der Waals surface area contributed by atoms with Gasteiger partial charge in [0.25, 0.3) is 11.8 Å². The molecule has 1 aromatic carbocycles. The maximum absolute atomic E-state index is 13.2. The minimum absolute atomic E-state index is 0.118. The molecule has 31 heavy (non-hydrogen) atoms. The number of hydrogen-bond acceptors (Lipinski definition) is 5. The van der Waals surface area contributed by atoms with E-state index in [1.54, 1.807) is 18.3 Å². The summed E-state index contributed by atoms with van der Waals surface area (Å²) in [6.07, 6.45) is 4.96. The molecule has 0 spiro atoms. The normalized spacial score (nSPS) is 11.8. The number of carbonyl (C=O) groups excluding carboxylic acids is 3. The highest BCUT2D eigenvalue weighted by Gasteiger charge is 2.27. The molecule has 2 aromatic heterocycles. The molecule has 8 nitrogen and oxygen atoms in total. The lowest BCUT2D eigenvalue weighted by molar-refractivity contribution is -0.137.